The molecule has 2 heteroatoms. The van der Waals surface area contributed by atoms with Crippen LogP contribution in [0.1, 0.15) is 12.6 Å². The van der Waals surface area contributed by atoms with Crippen molar-refractivity contribution in [1.82, 2.24) is 4.57 Å². The summed E-state index contributed by atoms with van der Waals surface area (Å²) >= 11 is 0. The van der Waals surface area contributed by atoms with Crippen LogP contribution < -0.4 is 0 Å². The van der Waals surface area contributed by atoms with E-state index in [1.165, 1.54) is 16.6 Å². The van der Waals surface area contributed by atoms with Crippen molar-refractivity contribution in [3.05, 3.63) is 36.0 Å². The number of hydrogen-bond acceptors (Lipinski definition) is 1. The smallest absolute Gasteiger partial charge is 0.0722 e. The van der Waals surface area contributed by atoms with E-state index in [2.05, 4.69) is 48.7 Å². The van der Waals surface area contributed by atoms with Crippen molar-refractivity contribution in [2.24, 2.45) is 0 Å². The minimum atomic E-state index is 0.250. The molecule has 0 aliphatic rings. The van der Waals surface area contributed by atoms with Crippen molar-refractivity contribution in [3.63, 3.8) is 0 Å². The molecule has 0 saturated carbocycles. The Morgan fingerprint density at radius 3 is 2.80 bits per heavy atom. The van der Waals surface area contributed by atoms with Crippen molar-refractivity contribution in [1.29, 1.82) is 0 Å². The third kappa shape index (κ3) is 1.90. The Kier molecular flexibility index (Phi) is 2.78. The van der Waals surface area contributed by atoms with Crippen LogP contribution in [0.5, 0.6) is 0 Å². The average molecular weight is 203 g/mol. The Balaban J connectivity index is 2.45. The van der Waals surface area contributed by atoms with E-state index < -0.39 is 0 Å². The van der Waals surface area contributed by atoms with Crippen molar-refractivity contribution < 1.29 is 4.74 Å². The van der Waals surface area contributed by atoms with E-state index in [1.807, 2.05) is 0 Å². The number of nitrogens with zero attached hydrogens (tertiary/aromatic N) is 1. The summed E-state index contributed by atoms with van der Waals surface area (Å²) in [6, 6.07) is 10.7. The molecule has 1 aromatic carbocycles. The molecule has 2 nitrogen and oxygen atoms in total. The molecule has 2 rings (SSSR count). The zero-order valence-corrected chi connectivity index (χ0v) is 9.53. The van der Waals surface area contributed by atoms with Crippen LogP contribution in [0, 0.1) is 6.92 Å². The van der Waals surface area contributed by atoms with E-state index in [0.717, 1.165) is 6.54 Å². The van der Waals surface area contributed by atoms with Crippen LogP contribution in [-0.2, 0) is 11.3 Å². The van der Waals surface area contributed by atoms with Gasteiger partial charge in [0.25, 0.3) is 0 Å². The molecule has 0 fully saturated rings. The number of aromatic nitrogens is 1. The van der Waals surface area contributed by atoms with Crippen molar-refractivity contribution in [3.8, 4) is 0 Å². The fourth-order valence-corrected chi connectivity index (χ4v) is 1.92. The molecular formula is C13H17NO. The first-order chi connectivity index (χ1) is 7.22. The number of methoxy groups -OCH3 is 1. The summed E-state index contributed by atoms with van der Waals surface area (Å²) < 4.78 is 7.62. The molecule has 1 unspecified atom stereocenters. The third-order valence-electron chi connectivity index (χ3n) is 2.86. The molecule has 0 saturated heterocycles. The maximum atomic E-state index is 5.31. The first-order valence-electron chi connectivity index (χ1n) is 5.30. The zero-order chi connectivity index (χ0) is 10.8. The lowest BCUT2D eigenvalue weighted by atomic mass is 10.2. The summed E-state index contributed by atoms with van der Waals surface area (Å²) in [4.78, 5) is 0. The van der Waals surface area contributed by atoms with Gasteiger partial charge in [-0.3, -0.25) is 0 Å². The maximum absolute atomic E-state index is 5.31. The lowest BCUT2D eigenvalue weighted by molar-refractivity contribution is 0.104. The molecule has 0 bridgehead atoms. The van der Waals surface area contributed by atoms with Crippen LogP contribution in [0.3, 0.4) is 0 Å². The third-order valence-corrected chi connectivity index (χ3v) is 2.86. The second-order valence-electron chi connectivity index (χ2n) is 4.00. The van der Waals surface area contributed by atoms with Crippen LogP contribution >= 0.6 is 0 Å². The summed E-state index contributed by atoms with van der Waals surface area (Å²) in [6.07, 6.45) is 0.250. The first kappa shape index (κ1) is 10.2. The normalized spacial score (nSPS) is 13.3. The molecular weight excluding hydrogens is 186 g/mol. The van der Waals surface area contributed by atoms with Gasteiger partial charge in [-0.05, 0) is 31.4 Å². The zero-order valence-electron chi connectivity index (χ0n) is 9.53. The second kappa shape index (κ2) is 4.07. The number of aryl methyl sites for hydroxylation is 1. The molecule has 0 amide bonds. The van der Waals surface area contributed by atoms with Gasteiger partial charge in [0, 0.05) is 24.9 Å². The molecule has 80 valence electrons. The number of ether oxygens (including phenoxy) is 1. The van der Waals surface area contributed by atoms with Gasteiger partial charge in [0.1, 0.15) is 0 Å². The van der Waals surface area contributed by atoms with Gasteiger partial charge >= 0.3 is 0 Å². The molecule has 0 aliphatic carbocycles. The Bertz CT molecular complexity index is 459. The van der Waals surface area contributed by atoms with Gasteiger partial charge in [-0.15, -0.1) is 0 Å². The van der Waals surface area contributed by atoms with Gasteiger partial charge in [0.15, 0.2) is 0 Å². The highest BCUT2D eigenvalue weighted by Gasteiger charge is 2.07. The quantitative estimate of drug-likeness (QED) is 0.748. The number of fused-ring (bicyclic) bond motifs is 1. The first-order valence-corrected chi connectivity index (χ1v) is 5.30. The van der Waals surface area contributed by atoms with Gasteiger partial charge in [-0.1, -0.05) is 18.2 Å². The lowest BCUT2D eigenvalue weighted by Gasteiger charge is -2.13. The van der Waals surface area contributed by atoms with Gasteiger partial charge in [-0.25, -0.2) is 0 Å². The topological polar surface area (TPSA) is 14.2 Å². The Morgan fingerprint density at radius 1 is 1.33 bits per heavy atom. The van der Waals surface area contributed by atoms with Crippen LogP contribution in [0.25, 0.3) is 10.9 Å². The Labute approximate surface area is 90.5 Å². The lowest BCUT2D eigenvalue weighted by Crippen LogP contribution is -2.15. The molecule has 0 aliphatic heterocycles. The van der Waals surface area contributed by atoms with Crippen molar-refractivity contribution in [2.45, 2.75) is 26.5 Å². The van der Waals surface area contributed by atoms with Gasteiger partial charge < -0.3 is 9.30 Å². The van der Waals surface area contributed by atoms with Gasteiger partial charge in [0.05, 0.1) is 6.10 Å². The molecule has 1 heterocycles. The van der Waals surface area contributed by atoms with E-state index in [9.17, 15) is 0 Å². The van der Waals surface area contributed by atoms with E-state index in [1.54, 1.807) is 7.11 Å². The largest absolute Gasteiger partial charge is 0.380 e. The predicted octanol–water partition coefficient (Wildman–Crippen LogP) is 2.98. The van der Waals surface area contributed by atoms with Crippen LogP contribution in [0.2, 0.25) is 0 Å². The van der Waals surface area contributed by atoms with Gasteiger partial charge in [0.2, 0.25) is 0 Å². The summed E-state index contributed by atoms with van der Waals surface area (Å²) in [6.45, 7) is 5.15. The number of para-hydroxylation sites is 1. The number of benzene rings is 1. The highest BCUT2D eigenvalue weighted by molar-refractivity contribution is 5.81. The monoisotopic (exact) mass is 203 g/mol. The predicted molar refractivity (Wildman–Crippen MR) is 63.1 cm³/mol. The highest BCUT2D eigenvalue weighted by atomic mass is 16.5. The van der Waals surface area contributed by atoms with E-state index >= 15 is 0 Å². The highest BCUT2D eigenvalue weighted by Crippen LogP contribution is 2.19. The van der Waals surface area contributed by atoms with Crippen molar-refractivity contribution in [2.75, 3.05) is 7.11 Å². The SMILES string of the molecule is COC(C)Cn1c(C)cc2ccccc21. The molecule has 0 spiro atoms. The van der Waals surface area contributed by atoms with E-state index in [0.29, 0.717) is 0 Å². The number of hydrogen-bond donors (Lipinski definition) is 0. The Morgan fingerprint density at radius 2 is 2.07 bits per heavy atom. The Hall–Kier alpha value is -1.28. The average Bonchev–Trinajstić information content (AvgIpc) is 2.55. The molecule has 0 N–H and O–H groups in total. The van der Waals surface area contributed by atoms with E-state index in [4.69, 9.17) is 4.74 Å². The molecule has 2 aromatic rings. The fourth-order valence-electron chi connectivity index (χ4n) is 1.92. The standard InChI is InChI=1S/C13H17NO/c1-10-8-12-6-4-5-7-13(12)14(10)9-11(2)15-3/h4-8,11H,9H2,1-3H3. The number of rotatable bonds is 3. The molecule has 15 heavy (non-hydrogen) atoms. The fraction of sp³-hybridized carbons (Fsp3) is 0.385. The van der Waals surface area contributed by atoms with Crippen molar-refractivity contribution >= 4 is 10.9 Å². The van der Waals surface area contributed by atoms with Crippen LogP contribution in [0.15, 0.2) is 30.3 Å². The van der Waals surface area contributed by atoms with Gasteiger partial charge in [-0.2, -0.15) is 0 Å². The summed E-state index contributed by atoms with van der Waals surface area (Å²) in [5.41, 5.74) is 2.58. The molecule has 1 atom stereocenters. The van der Waals surface area contributed by atoms with E-state index in [-0.39, 0.29) is 6.10 Å². The summed E-state index contributed by atoms with van der Waals surface area (Å²) in [5, 5.41) is 1.30. The van der Waals surface area contributed by atoms with Crippen LogP contribution in [-0.4, -0.2) is 17.8 Å². The minimum absolute atomic E-state index is 0.250. The summed E-state index contributed by atoms with van der Waals surface area (Å²) in [7, 11) is 1.76. The molecule has 0 radical (unpaired) electrons. The maximum Gasteiger partial charge on any atom is 0.0722 e. The van der Waals surface area contributed by atoms with Crippen LogP contribution in [0.4, 0.5) is 0 Å². The second-order valence-corrected chi connectivity index (χ2v) is 4.00. The molecule has 1 aromatic heterocycles. The minimum Gasteiger partial charge on any atom is -0.380 e. The summed E-state index contributed by atoms with van der Waals surface area (Å²) in [5.74, 6) is 0.